The molecule has 2 N–H and O–H groups in total. The van der Waals surface area contributed by atoms with Crippen LogP contribution in [0.25, 0.3) is 68.3 Å². The van der Waals surface area contributed by atoms with E-state index in [0.29, 0.717) is 11.4 Å². The maximum Gasteiger partial charge on any atom is 0.113 e. The summed E-state index contributed by atoms with van der Waals surface area (Å²) in [7, 11) is 0. The molecule has 0 saturated heterocycles. The van der Waals surface area contributed by atoms with Crippen LogP contribution in [0.1, 0.15) is 0 Å². The minimum atomic E-state index is 0.662. The monoisotopic (exact) mass is 598 g/mol. The van der Waals surface area contributed by atoms with E-state index in [0.717, 1.165) is 56.9 Å². The smallest absolute Gasteiger partial charge is 0.113 e. The average Bonchev–Trinajstić information content (AvgIpc) is 3.85. The molecule has 46 heavy (non-hydrogen) atoms. The van der Waals surface area contributed by atoms with E-state index >= 15 is 0 Å². The molecule has 8 aromatic rings. The van der Waals surface area contributed by atoms with Gasteiger partial charge in [0.2, 0.25) is 0 Å². The van der Waals surface area contributed by atoms with E-state index in [2.05, 4.69) is 62.4 Å². The number of rotatable bonds is 6. The van der Waals surface area contributed by atoms with Gasteiger partial charge in [-0.3, -0.25) is 19.9 Å². The molecule has 220 valence electrons. The second-order valence-corrected chi connectivity index (χ2v) is 10.0. The first kappa shape index (κ1) is 28.1. The molecule has 0 fully saturated rings. The van der Waals surface area contributed by atoms with Gasteiger partial charge in [-0.1, -0.05) is 24.3 Å². The van der Waals surface area contributed by atoms with Crippen molar-refractivity contribution in [1.82, 2.24) is 50.3 Å². The highest BCUT2D eigenvalue weighted by molar-refractivity contribution is 5.68. The predicted molar refractivity (Wildman–Crippen MR) is 177 cm³/mol. The van der Waals surface area contributed by atoms with E-state index in [4.69, 9.17) is 0 Å². The summed E-state index contributed by atoms with van der Waals surface area (Å²) in [5.41, 5.74) is 10.3. The molecule has 0 amide bonds. The van der Waals surface area contributed by atoms with Gasteiger partial charge in [0.05, 0.1) is 45.6 Å². The Bertz CT molecular complexity index is 1950. The second-order valence-electron chi connectivity index (χ2n) is 10.0. The van der Waals surface area contributed by atoms with Crippen LogP contribution in [0.2, 0.25) is 0 Å². The number of hydrogen-bond donors (Lipinski definition) is 2. The van der Waals surface area contributed by atoms with Crippen molar-refractivity contribution in [2.45, 2.75) is 0 Å². The Balaban J connectivity index is 0.000000147. The minimum Gasteiger partial charge on any atom is -0.352 e. The van der Waals surface area contributed by atoms with Gasteiger partial charge >= 0.3 is 0 Å². The Morgan fingerprint density at radius 1 is 0.261 bits per heavy atom. The van der Waals surface area contributed by atoms with Crippen molar-refractivity contribution in [1.29, 1.82) is 0 Å². The summed E-state index contributed by atoms with van der Waals surface area (Å²) < 4.78 is 0. The molecule has 0 unspecified atom stereocenters. The molecular formula is C36H26N10. The summed E-state index contributed by atoms with van der Waals surface area (Å²) in [6.07, 6.45) is 7.05. The minimum absolute atomic E-state index is 0.662. The molecule has 8 rings (SSSR count). The van der Waals surface area contributed by atoms with Gasteiger partial charge in [-0.15, -0.1) is 20.4 Å². The first-order chi connectivity index (χ1) is 22.8. The van der Waals surface area contributed by atoms with Crippen LogP contribution < -0.4 is 0 Å². The summed E-state index contributed by atoms with van der Waals surface area (Å²) in [6.45, 7) is 0. The standard InChI is InChI=1S/C18H12N6.C18H14N4/c1-3-11-19-13(5-1)15-7-9-17(23-21-15)18-10-8-16(22-24-18)14-6-2-4-12-20-14;1-3-11-19-13(5-1)15-7-9-17(21-15)18-10-8-16(22-18)14-6-2-4-12-20-14/h1-12H;1-12,21-22H. The highest BCUT2D eigenvalue weighted by atomic mass is 15.2. The topological polar surface area (TPSA) is 135 Å². The Morgan fingerprint density at radius 2 is 0.565 bits per heavy atom. The van der Waals surface area contributed by atoms with Gasteiger partial charge in [0.15, 0.2) is 0 Å². The fourth-order valence-corrected chi connectivity index (χ4v) is 4.69. The molecule has 0 bridgehead atoms. The zero-order valence-electron chi connectivity index (χ0n) is 24.4. The fraction of sp³-hybridized carbons (Fsp3) is 0. The van der Waals surface area contributed by atoms with Crippen molar-refractivity contribution in [3.05, 3.63) is 146 Å². The largest absolute Gasteiger partial charge is 0.352 e. The Morgan fingerprint density at radius 3 is 0.870 bits per heavy atom. The van der Waals surface area contributed by atoms with Crippen molar-refractivity contribution in [2.75, 3.05) is 0 Å². The number of nitrogens with zero attached hydrogens (tertiary/aromatic N) is 8. The van der Waals surface area contributed by atoms with Gasteiger partial charge in [-0.05, 0) is 97.1 Å². The van der Waals surface area contributed by atoms with E-state index in [9.17, 15) is 0 Å². The SMILES string of the molecule is c1ccc(-c2ccc(-c3ccc(-c4ccccn4)[nH]3)[nH]2)nc1.c1ccc(-c2ccc(-c3ccc(-c4ccccn4)nn3)nn2)nc1. The maximum absolute atomic E-state index is 4.36. The quantitative estimate of drug-likeness (QED) is 0.205. The third-order valence-corrected chi connectivity index (χ3v) is 6.99. The highest BCUT2D eigenvalue weighted by Crippen LogP contribution is 2.25. The van der Waals surface area contributed by atoms with Gasteiger partial charge < -0.3 is 9.97 Å². The highest BCUT2D eigenvalue weighted by Gasteiger charge is 2.09. The van der Waals surface area contributed by atoms with E-state index < -0.39 is 0 Å². The molecule has 10 heteroatoms. The molecule has 0 aliphatic heterocycles. The first-order valence-corrected chi connectivity index (χ1v) is 14.5. The van der Waals surface area contributed by atoms with Crippen LogP contribution in [0.5, 0.6) is 0 Å². The number of nitrogens with one attached hydrogen (secondary N) is 2. The zero-order chi connectivity index (χ0) is 31.0. The van der Waals surface area contributed by atoms with Crippen molar-refractivity contribution in [3.63, 3.8) is 0 Å². The summed E-state index contributed by atoms with van der Waals surface area (Å²) in [6, 6.07) is 38.8. The molecule has 0 spiro atoms. The molecule has 0 radical (unpaired) electrons. The van der Waals surface area contributed by atoms with Gasteiger partial charge in [-0.2, -0.15) is 0 Å². The van der Waals surface area contributed by atoms with Gasteiger partial charge in [-0.25, -0.2) is 0 Å². The summed E-state index contributed by atoms with van der Waals surface area (Å²) in [5, 5.41) is 16.9. The molecule has 8 heterocycles. The fourth-order valence-electron chi connectivity index (χ4n) is 4.69. The normalized spacial score (nSPS) is 10.6. The number of H-pyrrole nitrogens is 2. The van der Waals surface area contributed by atoms with Crippen molar-refractivity contribution < 1.29 is 0 Å². The molecule has 0 aliphatic carbocycles. The molecular weight excluding hydrogens is 572 g/mol. The van der Waals surface area contributed by atoms with E-state index in [-0.39, 0.29) is 0 Å². The second kappa shape index (κ2) is 13.3. The summed E-state index contributed by atoms with van der Waals surface area (Å²) in [5.74, 6) is 0. The van der Waals surface area contributed by atoms with Crippen LogP contribution in [-0.4, -0.2) is 50.3 Å². The molecule has 0 aromatic carbocycles. The summed E-state index contributed by atoms with van der Waals surface area (Å²) in [4.78, 5) is 24.0. The van der Waals surface area contributed by atoms with Crippen LogP contribution in [-0.2, 0) is 0 Å². The molecule has 0 aliphatic rings. The Hall–Kier alpha value is -6.68. The van der Waals surface area contributed by atoms with E-state index in [1.165, 1.54) is 0 Å². The molecule has 0 atom stereocenters. The number of pyridine rings is 4. The van der Waals surface area contributed by atoms with Crippen LogP contribution in [0.15, 0.2) is 146 Å². The van der Waals surface area contributed by atoms with Crippen molar-refractivity contribution >= 4 is 0 Å². The lowest BCUT2D eigenvalue weighted by Gasteiger charge is -2.02. The van der Waals surface area contributed by atoms with Gasteiger partial charge in [0.25, 0.3) is 0 Å². The molecule has 10 nitrogen and oxygen atoms in total. The Labute approximate surface area is 264 Å². The lowest BCUT2D eigenvalue weighted by molar-refractivity contribution is 0.989. The van der Waals surface area contributed by atoms with Crippen LogP contribution in [0.4, 0.5) is 0 Å². The predicted octanol–water partition coefficient (Wildman–Crippen LogP) is 7.19. The molecule has 0 saturated carbocycles. The average molecular weight is 599 g/mol. The van der Waals surface area contributed by atoms with Crippen LogP contribution in [0.3, 0.4) is 0 Å². The third kappa shape index (κ3) is 6.46. The number of aromatic nitrogens is 10. The van der Waals surface area contributed by atoms with Crippen molar-refractivity contribution in [3.8, 4) is 68.3 Å². The van der Waals surface area contributed by atoms with Crippen molar-refractivity contribution in [2.24, 2.45) is 0 Å². The zero-order valence-corrected chi connectivity index (χ0v) is 24.4. The lowest BCUT2D eigenvalue weighted by atomic mass is 10.2. The number of hydrogen-bond acceptors (Lipinski definition) is 8. The summed E-state index contributed by atoms with van der Waals surface area (Å²) >= 11 is 0. The third-order valence-electron chi connectivity index (χ3n) is 6.99. The maximum atomic E-state index is 4.36. The van der Waals surface area contributed by atoms with E-state index in [1.54, 1.807) is 24.8 Å². The Kier molecular flexibility index (Phi) is 8.13. The van der Waals surface area contributed by atoms with Gasteiger partial charge in [0, 0.05) is 24.8 Å². The number of aromatic amines is 2. The van der Waals surface area contributed by atoms with Crippen LogP contribution >= 0.6 is 0 Å². The van der Waals surface area contributed by atoms with E-state index in [1.807, 2.05) is 109 Å². The first-order valence-electron chi connectivity index (χ1n) is 14.5. The van der Waals surface area contributed by atoms with Gasteiger partial charge in [0.1, 0.15) is 22.8 Å². The van der Waals surface area contributed by atoms with Crippen LogP contribution in [0, 0.1) is 0 Å². The lowest BCUT2D eigenvalue weighted by Crippen LogP contribution is -1.96. The molecule has 8 aromatic heterocycles.